The monoisotopic (exact) mass is 240 g/mol. The lowest BCUT2D eigenvalue weighted by Gasteiger charge is -2.13. The Balaban J connectivity index is 2.35. The SMILES string of the molecule is CN(C)c1ccc(/C(=N/O)c2ccccc2)cc1. The normalized spacial score (nSPS) is 11.3. The van der Waals surface area contributed by atoms with E-state index in [2.05, 4.69) is 5.16 Å². The van der Waals surface area contributed by atoms with Crippen LogP contribution in [0.3, 0.4) is 0 Å². The maximum Gasteiger partial charge on any atom is 0.117 e. The highest BCUT2D eigenvalue weighted by atomic mass is 16.4. The molecule has 0 aromatic heterocycles. The number of hydrogen-bond acceptors (Lipinski definition) is 3. The molecule has 0 saturated carbocycles. The fraction of sp³-hybridized carbons (Fsp3) is 0.133. The van der Waals surface area contributed by atoms with Gasteiger partial charge in [0, 0.05) is 30.9 Å². The van der Waals surface area contributed by atoms with Crippen molar-refractivity contribution in [1.82, 2.24) is 0 Å². The van der Waals surface area contributed by atoms with Gasteiger partial charge in [-0.15, -0.1) is 0 Å². The van der Waals surface area contributed by atoms with Gasteiger partial charge < -0.3 is 10.1 Å². The summed E-state index contributed by atoms with van der Waals surface area (Å²) in [5.74, 6) is 0. The summed E-state index contributed by atoms with van der Waals surface area (Å²) in [7, 11) is 3.99. The van der Waals surface area contributed by atoms with Crippen LogP contribution in [-0.4, -0.2) is 25.0 Å². The quantitative estimate of drug-likeness (QED) is 0.508. The molecule has 0 aliphatic rings. The molecule has 1 N–H and O–H groups in total. The van der Waals surface area contributed by atoms with Crippen LogP contribution in [0.4, 0.5) is 5.69 Å². The van der Waals surface area contributed by atoms with Gasteiger partial charge in [-0.3, -0.25) is 0 Å². The first-order valence-electron chi connectivity index (χ1n) is 5.77. The number of benzene rings is 2. The van der Waals surface area contributed by atoms with Crippen LogP contribution in [0.15, 0.2) is 59.8 Å². The molecule has 0 aliphatic carbocycles. The molecule has 0 fully saturated rings. The van der Waals surface area contributed by atoms with Gasteiger partial charge in [0.1, 0.15) is 5.71 Å². The molecule has 0 aliphatic heterocycles. The van der Waals surface area contributed by atoms with E-state index in [1.807, 2.05) is 73.6 Å². The van der Waals surface area contributed by atoms with Crippen molar-refractivity contribution in [2.24, 2.45) is 5.16 Å². The Morgan fingerprint density at radius 1 is 0.889 bits per heavy atom. The highest BCUT2D eigenvalue weighted by Gasteiger charge is 2.07. The predicted molar refractivity (Wildman–Crippen MR) is 74.6 cm³/mol. The third kappa shape index (κ3) is 2.51. The highest BCUT2D eigenvalue weighted by Crippen LogP contribution is 2.16. The van der Waals surface area contributed by atoms with Gasteiger partial charge in [-0.2, -0.15) is 0 Å². The van der Waals surface area contributed by atoms with Crippen molar-refractivity contribution in [2.75, 3.05) is 19.0 Å². The lowest BCUT2D eigenvalue weighted by Crippen LogP contribution is -2.09. The van der Waals surface area contributed by atoms with E-state index in [1.54, 1.807) is 0 Å². The Morgan fingerprint density at radius 2 is 1.44 bits per heavy atom. The van der Waals surface area contributed by atoms with Crippen LogP contribution in [0.25, 0.3) is 0 Å². The molecule has 2 aromatic carbocycles. The summed E-state index contributed by atoms with van der Waals surface area (Å²) in [5, 5.41) is 12.6. The van der Waals surface area contributed by atoms with E-state index in [-0.39, 0.29) is 0 Å². The molecule has 0 radical (unpaired) electrons. The zero-order valence-electron chi connectivity index (χ0n) is 10.5. The second kappa shape index (κ2) is 5.36. The largest absolute Gasteiger partial charge is 0.410 e. The molecule has 2 rings (SSSR count). The summed E-state index contributed by atoms with van der Waals surface area (Å²) in [6.07, 6.45) is 0. The minimum atomic E-state index is 0.584. The zero-order valence-corrected chi connectivity index (χ0v) is 10.5. The van der Waals surface area contributed by atoms with Crippen molar-refractivity contribution >= 4 is 11.4 Å². The van der Waals surface area contributed by atoms with Gasteiger partial charge >= 0.3 is 0 Å². The van der Waals surface area contributed by atoms with Gasteiger partial charge in [0.25, 0.3) is 0 Å². The number of rotatable bonds is 3. The van der Waals surface area contributed by atoms with Crippen molar-refractivity contribution in [1.29, 1.82) is 0 Å². The number of anilines is 1. The third-order valence-electron chi connectivity index (χ3n) is 2.80. The average Bonchev–Trinajstić information content (AvgIpc) is 2.41. The van der Waals surface area contributed by atoms with E-state index in [0.29, 0.717) is 5.71 Å². The Hall–Kier alpha value is -2.29. The minimum absolute atomic E-state index is 0.584. The van der Waals surface area contributed by atoms with E-state index in [4.69, 9.17) is 0 Å². The van der Waals surface area contributed by atoms with Crippen LogP contribution in [0.5, 0.6) is 0 Å². The van der Waals surface area contributed by atoms with E-state index in [9.17, 15) is 5.21 Å². The van der Waals surface area contributed by atoms with Crippen LogP contribution in [0.1, 0.15) is 11.1 Å². The van der Waals surface area contributed by atoms with E-state index in [0.717, 1.165) is 16.8 Å². The molecule has 0 amide bonds. The van der Waals surface area contributed by atoms with Crippen LogP contribution >= 0.6 is 0 Å². The molecule has 92 valence electrons. The summed E-state index contributed by atoms with van der Waals surface area (Å²) < 4.78 is 0. The lowest BCUT2D eigenvalue weighted by molar-refractivity contribution is 0.319. The van der Waals surface area contributed by atoms with E-state index >= 15 is 0 Å². The van der Waals surface area contributed by atoms with Gasteiger partial charge in [-0.1, -0.05) is 47.6 Å². The molecule has 0 unspecified atom stereocenters. The topological polar surface area (TPSA) is 35.8 Å². The molecule has 0 bridgehead atoms. The molecule has 0 saturated heterocycles. The van der Waals surface area contributed by atoms with Crippen molar-refractivity contribution in [3.8, 4) is 0 Å². The van der Waals surface area contributed by atoms with Gasteiger partial charge in [0.2, 0.25) is 0 Å². The molecule has 0 spiro atoms. The lowest BCUT2D eigenvalue weighted by atomic mass is 10.0. The van der Waals surface area contributed by atoms with Crippen molar-refractivity contribution < 1.29 is 5.21 Å². The molecule has 3 nitrogen and oxygen atoms in total. The molecular formula is C15H16N2O. The third-order valence-corrected chi connectivity index (χ3v) is 2.80. The van der Waals surface area contributed by atoms with Crippen LogP contribution < -0.4 is 4.90 Å². The standard InChI is InChI=1S/C15H16N2O/c1-17(2)14-10-8-13(9-11-14)15(16-18)12-6-4-3-5-7-12/h3-11,18H,1-2H3/b16-15+. The smallest absolute Gasteiger partial charge is 0.117 e. The second-order valence-electron chi connectivity index (χ2n) is 4.26. The Bertz CT molecular complexity index is 530. The van der Waals surface area contributed by atoms with E-state index < -0.39 is 0 Å². The molecule has 18 heavy (non-hydrogen) atoms. The average molecular weight is 240 g/mol. The van der Waals surface area contributed by atoms with Crippen LogP contribution in [-0.2, 0) is 0 Å². The van der Waals surface area contributed by atoms with Gasteiger partial charge in [-0.05, 0) is 12.1 Å². The summed E-state index contributed by atoms with van der Waals surface area (Å²) >= 11 is 0. The maximum atomic E-state index is 9.19. The van der Waals surface area contributed by atoms with Crippen molar-refractivity contribution in [2.45, 2.75) is 0 Å². The van der Waals surface area contributed by atoms with Crippen molar-refractivity contribution in [3.05, 3.63) is 65.7 Å². The maximum absolute atomic E-state index is 9.19. The fourth-order valence-electron chi connectivity index (χ4n) is 1.80. The summed E-state index contributed by atoms with van der Waals surface area (Å²) in [5.41, 5.74) is 3.50. The minimum Gasteiger partial charge on any atom is -0.410 e. The Kier molecular flexibility index (Phi) is 3.63. The summed E-state index contributed by atoms with van der Waals surface area (Å²) in [6, 6.07) is 17.6. The van der Waals surface area contributed by atoms with Crippen LogP contribution in [0.2, 0.25) is 0 Å². The van der Waals surface area contributed by atoms with Crippen molar-refractivity contribution in [3.63, 3.8) is 0 Å². The molecule has 3 heteroatoms. The summed E-state index contributed by atoms with van der Waals surface area (Å²) in [6.45, 7) is 0. The highest BCUT2D eigenvalue weighted by molar-refractivity contribution is 6.12. The first kappa shape index (κ1) is 12.2. The second-order valence-corrected chi connectivity index (χ2v) is 4.26. The van der Waals surface area contributed by atoms with Gasteiger partial charge in [0.15, 0.2) is 0 Å². The Morgan fingerprint density at radius 3 is 1.94 bits per heavy atom. The Labute approximate surface area is 107 Å². The first-order chi connectivity index (χ1) is 8.72. The first-order valence-corrected chi connectivity index (χ1v) is 5.77. The van der Waals surface area contributed by atoms with Gasteiger partial charge in [-0.25, -0.2) is 0 Å². The summed E-state index contributed by atoms with van der Waals surface area (Å²) in [4.78, 5) is 2.03. The number of nitrogens with zero attached hydrogens (tertiary/aromatic N) is 2. The number of oxime groups is 1. The molecule has 0 heterocycles. The number of hydrogen-bond donors (Lipinski definition) is 1. The molecule has 2 aromatic rings. The predicted octanol–water partition coefficient (Wildman–Crippen LogP) is 2.98. The fourth-order valence-corrected chi connectivity index (χ4v) is 1.80. The molecule has 0 atom stereocenters. The van der Waals surface area contributed by atoms with E-state index in [1.165, 1.54) is 0 Å². The molecular weight excluding hydrogens is 224 g/mol. The van der Waals surface area contributed by atoms with Crippen LogP contribution in [0, 0.1) is 0 Å². The zero-order chi connectivity index (χ0) is 13.0. The van der Waals surface area contributed by atoms with Gasteiger partial charge in [0.05, 0.1) is 0 Å².